The first-order chi connectivity index (χ1) is 10.2. The van der Waals surface area contributed by atoms with Crippen LogP contribution in [0.15, 0.2) is 12.3 Å². The third kappa shape index (κ3) is 2.78. The first-order valence-electron chi connectivity index (χ1n) is 7.34. The van der Waals surface area contributed by atoms with Crippen molar-refractivity contribution < 1.29 is 19.4 Å². The van der Waals surface area contributed by atoms with Gasteiger partial charge in [0.1, 0.15) is 5.69 Å². The standard InChI is InChI=1S/C14H19N3O4/c18-13(16-7-8-21-12(9-16)14(19)20)11-5-6-15-17(11)10-3-1-2-4-10/h5-6,10,12H,1-4,7-9H2,(H,19,20). The first kappa shape index (κ1) is 14.1. The highest BCUT2D eigenvalue weighted by Crippen LogP contribution is 2.30. The summed E-state index contributed by atoms with van der Waals surface area (Å²) in [5.41, 5.74) is 0.549. The molecular formula is C14H19N3O4. The molecule has 1 atom stereocenters. The Bertz CT molecular complexity index is 536. The summed E-state index contributed by atoms with van der Waals surface area (Å²) >= 11 is 0. The maximum absolute atomic E-state index is 12.6. The predicted molar refractivity (Wildman–Crippen MR) is 73.0 cm³/mol. The summed E-state index contributed by atoms with van der Waals surface area (Å²) in [5, 5.41) is 13.3. The number of carbonyl (C=O) groups excluding carboxylic acids is 1. The number of carboxylic acids is 1. The number of carboxylic acid groups (broad SMARTS) is 1. The lowest BCUT2D eigenvalue weighted by Crippen LogP contribution is -2.49. The molecule has 0 spiro atoms. The van der Waals surface area contributed by atoms with Crippen LogP contribution in [-0.2, 0) is 9.53 Å². The number of morpholine rings is 1. The van der Waals surface area contributed by atoms with Crippen molar-refractivity contribution in [1.82, 2.24) is 14.7 Å². The monoisotopic (exact) mass is 293 g/mol. The fourth-order valence-corrected chi connectivity index (χ4v) is 3.07. The zero-order chi connectivity index (χ0) is 14.8. The van der Waals surface area contributed by atoms with Gasteiger partial charge in [0.25, 0.3) is 5.91 Å². The number of rotatable bonds is 3. The number of aromatic nitrogens is 2. The Balaban J connectivity index is 1.76. The highest BCUT2D eigenvalue weighted by Gasteiger charge is 2.31. The van der Waals surface area contributed by atoms with Crippen LogP contribution in [0, 0.1) is 0 Å². The van der Waals surface area contributed by atoms with Crippen LogP contribution in [0.3, 0.4) is 0 Å². The second-order valence-corrected chi connectivity index (χ2v) is 5.55. The number of hydrogen-bond donors (Lipinski definition) is 1. The Hall–Kier alpha value is -1.89. The Labute approximate surface area is 122 Å². The largest absolute Gasteiger partial charge is 0.479 e. The molecule has 1 saturated heterocycles. The quantitative estimate of drug-likeness (QED) is 0.896. The van der Waals surface area contributed by atoms with E-state index in [0.717, 1.165) is 25.7 Å². The van der Waals surface area contributed by atoms with E-state index in [9.17, 15) is 9.59 Å². The molecule has 1 aliphatic carbocycles. The molecule has 1 saturated carbocycles. The molecule has 7 heteroatoms. The van der Waals surface area contributed by atoms with Crippen molar-refractivity contribution in [1.29, 1.82) is 0 Å². The Morgan fingerprint density at radius 3 is 2.81 bits per heavy atom. The van der Waals surface area contributed by atoms with Gasteiger partial charge in [-0.1, -0.05) is 12.8 Å². The average Bonchev–Trinajstić information content (AvgIpc) is 3.17. The van der Waals surface area contributed by atoms with Crippen LogP contribution in [0.1, 0.15) is 42.2 Å². The minimum Gasteiger partial charge on any atom is -0.479 e. The number of nitrogens with zero attached hydrogens (tertiary/aromatic N) is 3. The molecule has 2 heterocycles. The van der Waals surface area contributed by atoms with Crippen molar-refractivity contribution in [2.75, 3.05) is 19.7 Å². The maximum Gasteiger partial charge on any atom is 0.334 e. The van der Waals surface area contributed by atoms with Crippen molar-refractivity contribution >= 4 is 11.9 Å². The summed E-state index contributed by atoms with van der Waals surface area (Å²) in [7, 11) is 0. The molecule has 1 amide bonds. The van der Waals surface area contributed by atoms with Gasteiger partial charge in [0.15, 0.2) is 6.10 Å². The molecule has 0 aromatic carbocycles. The van der Waals surface area contributed by atoms with E-state index in [1.54, 1.807) is 21.8 Å². The molecule has 7 nitrogen and oxygen atoms in total. The van der Waals surface area contributed by atoms with Crippen LogP contribution in [0.25, 0.3) is 0 Å². The van der Waals surface area contributed by atoms with Gasteiger partial charge >= 0.3 is 5.97 Å². The highest BCUT2D eigenvalue weighted by molar-refractivity contribution is 5.93. The molecule has 114 valence electrons. The van der Waals surface area contributed by atoms with E-state index in [1.807, 2.05) is 0 Å². The summed E-state index contributed by atoms with van der Waals surface area (Å²) in [6.45, 7) is 0.753. The number of hydrogen-bond acceptors (Lipinski definition) is 4. The number of aliphatic carboxylic acids is 1. The zero-order valence-corrected chi connectivity index (χ0v) is 11.8. The van der Waals surface area contributed by atoms with Gasteiger partial charge in [0.05, 0.1) is 19.2 Å². The summed E-state index contributed by atoms with van der Waals surface area (Å²) in [6, 6.07) is 2.00. The molecule has 0 radical (unpaired) electrons. The van der Waals surface area contributed by atoms with E-state index in [0.29, 0.717) is 12.2 Å². The second-order valence-electron chi connectivity index (χ2n) is 5.55. The van der Waals surface area contributed by atoms with Crippen molar-refractivity contribution in [3.05, 3.63) is 18.0 Å². The van der Waals surface area contributed by atoms with Crippen molar-refractivity contribution in [3.8, 4) is 0 Å². The molecule has 1 unspecified atom stereocenters. The molecule has 0 bridgehead atoms. The van der Waals surface area contributed by atoms with Crippen LogP contribution in [0.5, 0.6) is 0 Å². The molecular weight excluding hydrogens is 274 g/mol. The van der Waals surface area contributed by atoms with Crippen LogP contribution in [0.2, 0.25) is 0 Å². The zero-order valence-electron chi connectivity index (χ0n) is 11.8. The Kier molecular flexibility index (Phi) is 3.92. The minimum atomic E-state index is -1.03. The lowest BCUT2D eigenvalue weighted by atomic mass is 10.2. The molecule has 1 N–H and O–H groups in total. The maximum atomic E-state index is 12.6. The van der Waals surface area contributed by atoms with Gasteiger partial charge in [0.2, 0.25) is 0 Å². The SMILES string of the molecule is O=C(O)C1CN(C(=O)c2ccnn2C2CCCC2)CCO1. The Morgan fingerprint density at radius 2 is 2.10 bits per heavy atom. The van der Waals surface area contributed by atoms with E-state index in [1.165, 1.54) is 0 Å². The van der Waals surface area contributed by atoms with E-state index in [2.05, 4.69) is 5.10 Å². The smallest absolute Gasteiger partial charge is 0.334 e. The van der Waals surface area contributed by atoms with Gasteiger partial charge in [-0.3, -0.25) is 9.48 Å². The van der Waals surface area contributed by atoms with Crippen LogP contribution in [-0.4, -0.2) is 57.5 Å². The first-order valence-corrected chi connectivity index (χ1v) is 7.34. The highest BCUT2D eigenvalue weighted by atomic mass is 16.5. The van der Waals surface area contributed by atoms with Gasteiger partial charge in [-0.05, 0) is 18.9 Å². The molecule has 2 fully saturated rings. The topological polar surface area (TPSA) is 84.7 Å². The van der Waals surface area contributed by atoms with Crippen LogP contribution in [0.4, 0.5) is 0 Å². The van der Waals surface area contributed by atoms with Crippen molar-refractivity contribution in [3.63, 3.8) is 0 Å². The summed E-state index contributed by atoms with van der Waals surface area (Å²) in [4.78, 5) is 25.2. The number of amides is 1. The van der Waals surface area contributed by atoms with Crippen LogP contribution >= 0.6 is 0 Å². The normalized spacial score (nSPS) is 23.4. The van der Waals surface area contributed by atoms with Gasteiger partial charge in [-0.2, -0.15) is 5.10 Å². The Morgan fingerprint density at radius 1 is 1.33 bits per heavy atom. The number of ether oxygens (including phenoxy) is 1. The van der Waals surface area contributed by atoms with E-state index in [-0.39, 0.29) is 25.1 Å². The minimum absolute atomic E-state index is 0.0873. The molecule has 1 aliphatic heterocycles. The molecule has 21 heavy (non-hydrogen) atoms. The molecule has 2 aliphatic rings. The second kappa shape index (κ2) is 5.85. The van der Waals surface area contributed by atoms with E-state index < -0.39 is 12.1 Å². The molecule has 1 aromatic rings. The van der Waals surface area contributed by atoms with Gasteiger partial charge in [0, 0.05) is 12.7 Å². The average molecular weight is 293 g/mol. The lowest BCUT2D eigenvalue weighted by Gasteiger charge is -2.31. The summed E-state index contributed by atoms with van der Waals surface area (Å²) in [5.74, 6) is -1.19. The predicted octanol–water partition coefficient (Wildman–Crippen LogP) is 0.924. The summed E-state index contributed by atoms with van der Waals surface area (Å²) in [6.07, 6.45) is 5.12. The fourth-order valence-electron chi connectivity index (χ4n) is 3.07. The third-order valence-corrected chi connectivity index (χ3v) is 4.19. The van der Waals surface area contributed by atoms with Crippen LogP contribution < -0.4 is 0 Å². The van der Waals surface area contributed by atoms with Gasteiger partial charge < -0.3 is 14.7 Å². The number of carbonyl (C=O) groups is 2. The van der Waals surface area contributed by atoms with Gasteiger partial charge in [-0.25, -0.2) is 4.79 Å². The van der Waals surface area contributed by atoms with Gasteiger partial charge in [-0.15, -0.1) is 0 Å². The third-order valence-electron chi connectivity index (χ3n) is 4.19. The molecule has 3 rings (SSSR count). The fraction of sp³-hybridized carbons (Fsp3) is 0.643. The summed E-state index contributed by atoms with van der Waals surface area (Å²) < 4.78 is 6.96. The van der Waals surface area contributed by atoms with Crippen molar-refractivity contribution in [2.24, 2.45) is 0 Å². The van der Waals surface area contributed by atoms with E-state index in [4.69, 9.17) is 9.84 Å². The van der Waals surface area contributed by atoms with E-state index >= 15 is 0 Å². The lowest BCUT2D eigenvalue weighted by molar-refractivity contribution is -0.154. The molecule has 1 aromatic heterocycles. The van der Waals surface area contributed by atoms with Crippen molar-refractivity contribution in [2.45, 2.75) is 37.8 Å².